The van der Waals surface area contributed by atoms with Gasteiger partial charge in [-0.2, -0.15) is 0 Å². The number of amides is 1. The van der Waals surface area contributed by atoms with E-state index in [4.69, 9.17) is 4.74 Å². The van der Waals surface area contributed by atoms with Crippen molar-refractivity contribution < 1.29 is 9.53 Å². The zero-order valence-electron chi connectivity index (χ0n) is 16.0. The Hall–Kier alpha value is -1.51. The van der Waals surface area contributed by atoms with Gasteiger partial charge >= 0.3 is 0 Å². The number of benzene rings is 1. The average molecular weight is 347 g/mol. The third-order valence-electron chi connectivity index (χ3n) is 4.29. The molecule has 0 aromatic heterocycles. The highest BCUT2D eigenvalue weighted by molar-refractivity contribution is 5.90. The number of hydrogen-bond acceptors (Lipinski definition) is 2. The van der Waals surface area contributed by atoms with Crippen LogP contribution in [0.3, 0.4) is 0 Å². The van der Waals surface area contributed by atoms with Crippen molar-refractivity contribution in [3.05, 3.63) is 31.2 Å². The Morgan fingerprint density at radius 1 is 1.00 bits per heavy atom. The van der Waals surface area contributed by atoms with Gasteiger partial charge in [0.15, 0.2) is 0 Å². The average Bonchev–Trinajstić information content (AvgIpc) is 2.60. The normalized spacial score (nSPS) is 10.6. The Kier molecular flexibility index (Phi) is 12.7. The molecule has 3 heteroatoms. The van der Waals surface area contributed by atoms with Crippen LogP contribution >= 0.6 is 0 Å². The number of nitrogens with one attached hydrogen (secondary N) is 1. The van der Waals surface area contributed by atoms with Crippen molar-refractivity contribution in [3.63, 3.8) is 0 Å². The maximum absolute atomic E-state index is 11.6. The third-order valence-corrected chi connectivity index (χ3v) is 4.29. The number of unbranched alkanes of at least 4 members (excludes halogenated alkanes) is 9. The van der Waals surface area contributed by atoms with Crippen LogP contribution in [-0.2, 0) is 4.79 Å². The van der Waals surface area contributed by atoms with E-state index in [1.54, 1.807) is 0 Å². The molecule has 3 nitrogen and oxygen atoms in total. The fourth-order valence-corrected chi connectivity index (χ4v) is 2.83. The molecule has 141 valence electrons. The topological polar surface area (TPSA) is 38.3 Å². The van der Waals surface area contributed by atoms with Gasteiger partial charge in [-0.3, -0.25) is 4.79 Å². The van der Waals surface area contributed by atoms with Gasteiger partial charge in [-0.1, -0.05) is 77.7 Å². The lowest BCUT2D eigenvalue weighted by molar-refractivity contribution is -0.116. The number of hydrogen-bond donors (Lipinski definition) is 1. The highest BCUT2D eigenvalue weighted by Crippen LogP contribution is 2.18. The minimum absolute atomic E-state index is 0.00171. The Morgan fingerprint density at radius 2 is 1.64 bits per heavy atom. The lowest BCUT2D eigenvalue weighted by atomic mass is 10.1. The molecule has 0 aliphatic rings. The molecular weight excluding hydrogens is 310 g/mol. The summed E-state index contributed by atoms with van der Waals surface area (Å²) in [5, 5.41) is 2.87. The summed E-state index contributed by atoms with van der Waals surface area (Å²) >= 11 is 0. The van der Waals surface area contributed by atoms with Crippen LogP contribution < -0.4 is 10.1 Å². The van der Waals surface area contributed by atoms with Gasteiger partial charge in [-0.15, -0.1) is 0 Å². The highest BCUT2D eigenvalue weighted by Gasteiger charge is 2.02. The predicted octanol–water partition coefficient (Wildman–Crippen LogP) is 6.54. The number of anilines is 1. The van der Waals surface area contributed by atoms with E-state index < -0.39 is 0 Å². The van der Waals surface area contributed by atoms with Crippen LogP contribution in [0, 0.1) is 6.92 Å². The van der Waals surface area contributed by atoms with Crippen molar-refractivity contribution in [3.8, 4) is 5.75 Å². The van der Waals surface area contributed by atoms with E-state index >= 15 is 0 Å². The van der Waals surface area contributed by atoms with Crippen molar-refractivity contribution in [2.24, 2.45) is 0 Å². The number of carbonyl (C=O) groups is 1. The number of rotatable bonds is 15. The smallest absolute Gasteiger partial charge is 0.224 e. The first kappa shape index (κ1) is 21.5. The summed E-state index contributed by atoms with van der Waals surface area (Å²) < 4.78 is 5.80. The Balaban J connectivity index is 2.05. The largest absolute Gasteiger partial charge is 0.494 e. The summed E-state index contributed by atoms with van der Waals surface area (Å²) in [5.41, 5.74) is 0.791. The molecule has 1 aromatic carbocycles. The second-order valence-corrected chi connectivity index (χ2v) is 6.71. The summed E-state index contributed by atoms with van der Waals surface area (Å²) in [6, 6.07) is 7.62. The molecule has 25 heavy (non-hydrogen) atoms. The molecule has 0 bridgehead atoms. The monoisotopic (exact) mass is 346 g/mol. The molecule has 0 aliphatic carbocycles. The zero-order chi connectivity index (χ0) is 18.2. The number of ether oxygens (including phenoxy) is 1. The molecule has 0 saturated heterocycles. The van der Waals surface area contributed by atoms with E-state index in [1.165, 1.54) is 57.8 Å². The van der Waals surface area contributed by atoms with Crippen molar-refractivity contribution in [1.82, 2.24) is 0 Å². The molecule has 0 aliphatic heterocycles. The van der Waals surface area contributed by atoms with Crippen LogP contribution in [0.25, 0.3) is 0 Å². The molecule has 0 unspecified atom stereocenters. The second-order valence-electron chi connectivity index (χ2n) is 6.71. The lowest BCUT2D eigenvalue weighted by Gasteiger charge is -2.09. The van der Waals surface area contributed by atoms with Crippen molar-refractivity contribution in [2.75, 3.05) is 11.9 Å². The standard InChI is InChI=1S/C22H36NO2/c1-3-5-6-7-8-9-10-11-12-13-18-25-21-17-14-16-20(19-21)23-22(24)15-4-2/h14,16-17,19H,2-13,15,18H2,1H3,(H,23,24). The van der Waals surface area contributed by atoms with Gasteiger partial charge in [0.2, 0.25) is 5.91 Å². The SMILES string of the molecule is [CH2]CCC(=O)Nc1cccc(OCCCCCCCCCCCC)c1. The van der Waals surface area contributed by atoms with Crippen LogP contribution in [0.1, 0.15) is 84.0 Å². The zero-order valence-corrected chi connectivity index (χ0v) is 16.0. The molecule has 1 rings (SSSR count). The fraction of sp³-hybridized carbons (Fsp3) is 0.636. The van der Waals surface area contributed by atoms with E-state index in [1.807, 2.05) is 24.3 Å². The predicted molar refractivity (Wildman–Crippen MR) is 107 cm³/mol. The molecule has 0 atom stereocenters. The van der Waals surface area contributed by atoms with Gasteiger partial charge in [0.25, 0.3) is 0 Å². The van der Waals surface area contributed by atoms with Gasteiger partial charge < -0.3 is 10.1 Å². The summed E-state index contributed by atoms with van der Waals surface area (Å²) in [6.07, 6.45) is 14.3. The van der Waals surface area contributed by atoms with Crippen LogP contribution in [0.4, 0.5) is 5.69 Å². The Morgan fingerprint density at radius 3 is 2.28 bits per heavy atom. The van der Waals surface area contributed by atoms with Crippen molar-refractivity contribution in [2.45, 2.75) is 84.0 Å². The van der Waals surface area contributed by atoms with Gasteiger partial charge in [0.1, 0.15) is 5.75 Å². The van der Waals surface area contributed by atoms with Gasteiger partial charge in [0.05, 0.1) is 6.61 Å². The van der Waals surface area contributed by atoms with E-state index in [2.05, 4.69) is 19.2 Å². The van der Waals surface area contributed by atoms with E-state index in [-0.39, 0.29) is 5.91 Å². The summed E-state index contributed by atoms with van der Waals surface area (Å²) in [6.45, 7) is 6.70. The van der Waals surface area contributed by atoms with Gasteiger partial charge in [0, 0.05) is 18.2 Å². The highest BCUT2D eigenvalue weighted by atomic mass is 16.5. The quantitative estimate of drug-likeness (QED) is 0.366. The second kappa shape index (κ2) is 14.8. The van der Waals surface area contributed by atoms with Crippen LogP contribution in [0.5, 0.6) is 5.75 Å². The van der Waals surface area contributed by atoms with Crippen LogP contribution in [0.15, 0.2) is 24.3 Å². The van der Waals surface area contributed by atoms with E-state index in [0.717, 1.165) is 24.5 Å². The minimum Gasteiger partial charge on any atom is -0.494 e. The lowest BCUT2D eigenvalue weighted by Crippen LogP contribution is -2.10. The molecule has 0 spiro atoms. The summed E-state index contributed by atoms with van der Waals surface area (Å²) in [4.78, 5) is 11.6. The third kappa shape index (κ3) is 11.6. The molecule has 1 amide bonds. The van der Waals surface area contributed by atoms with Crippen LogP contribution in [0.2, 0.25) is 0 Å². The first-order chi connectivity index (χ1) is 12.3. The van der Waals surface area contributed by atoms with E-state index in [0.29, 0.717) is 12.8 Å². The molecule has 1 N–H and O–H groups in total. The first-order valence-electron chi connectivity index (χ1n) is 10.1. The van der Waals surface area contributed by atoms with Gasteiger partial charge in [-0.05, 0) is 25.0 Å². The van der Waals surface area contributed by atoms with Crippen molar-refractivity contribution in [1.29, 1.82) is 0 Å². The first-order valence-corrected chi connectivity index (χ1v) is 10.1. The molecular formula is C22H36NO2. The fourth-order valence-electron chi connectivity index (χ4n) is 2.83. The Labute approximate surface area is 154 Å². The van der Waals surface area contributed by atoms with E-state index in [9.17, 15) is 4.79 Å². The van der Waals surface area contributed by atoms with Crippen LogP contribution in [-0.4, -0.2) is 12.5 Å². The molecule has 0 heterocycles. The minimum atomic E-state index is 0.00171. The summed E-state index contributed by atoms with van der Waals surface area (Å²) in [7, 11) is 0. The maximum Gasteiger partial charge on any atom is 0.224 e. The molecule has 0 saturated carbocycles. The maximum atomic E-state index is 11.6. The number of carbonyl (C=O) groups excluding carboxylic acids is 1. The Bertz CT molecular complexity index is 459. The summed E-state index contributed by atoms with van der Waals surface area (Å²) in [5.74, 6) is 0.824. The molecule has 0 fully saturated rings. The van der Waals surface area contributed by atoms with Crippen molar-refractivity contribution >= 4 is 11.6 Å². The molecule has 1 aromatic rings. The molecule has 1 radical (unpaired) electrons. The van der Waals surface area contributed by atoms with Gasteiger partial charge in [-0.25, -0.2) is 0 Å².